The van der Waals surface area contributed by atoms with Gasteiger partial charge >= 0.3 is 0 Å². The van der Waals surface area contributed by atoms with E-state index >= 15 is 0 Å². The molecule has 2 aromatic rings. The van der Waals surface area contributed by atoms with Crippen molar-refractivity contribution in [3.63, 3.8) is 0 Å². The molecule has 0 aliphatic rings. The maximum Gasteiger partial charge on any atom is 0.267 e. The Kier molecular flexibility index (Phi) is 6.19. The molecule has 5 heteroatoms. The molecule has 1 amide bonds. The number of carbonyl (C=O) groups excluding carboxylic acids is 1. The van der Waals surface area contributed by atoms with Gasteiger partial charge in [-0.25, -0.2) is 0 Å². The molecule has 0 radical (unpaired) electrons. The summed E-state index contributed by atoms with van der Waals surface area (Å²) in [6.45, 7) is 3.95. The summed E-state index contributed by atoms with van der Waals surface area (Å²) in [5.74, 6) is 0.178. The molecule has 0 heterocycles. The highest BCUT2D eigenvalue weighted by molar-refractivity contribution is 6.07. The number of nitriles is 1. The first kappa shape index (κ1) is 18.1. The number of aryl methyl sites for hydroxylation is 2. The minimum Gasteiger partial charge on any atom is -0.495 e. The fourth-order valence-electron chi connectivity index (χ4n) is 2.45. The SMILES string of the molecule is CCc1cccc(C)c1NC(=O)/C(C#N)=C\Nc1ccccc1OC. The van der Waals surface area contributed by atoms with Gasteiger partial charge in [0, 0.05) is 11.9 Å². The molecule has 128 valence electrons. The van der Waals surface area contributed by atoms with E-state index in [-0.39, 0.29) is 5.57 Å². The van der Waals surface area contributed by atoms with Gasteiger partial charge in [0.2, 0.25) is 0 Å². The number of benzene rings is 2. The van der Waals surface area contributed by atoms with Crippen LogP contribution in [-0.4, -0.2) is 13.0 Å². The average Bonchev–Trinajstić information content (AvgIpc) is 2.64. The largest absolute Gasteiger partial charge is 0.495 e. The van der Waals surface area contributed by atoms with Crippen LogP contribution in [0, 0.1) is 18.3 Å². The number of carbonyl (C=O) groups is 1. The molecule has 0 atom stereocenters. The standard InChI is InChI=1S/C20H21N3O2/c1-4-15-9-7-8-14(2)19(15)23-20(24)16(12-21)13-22-17-10-5-6-11-18(17)25-3/h5-11,13,22H,4H2,1-3H3,(H,23,24)/b16-13-. The number of amides is 1. The first-order chi connectivity index (χ1) is 12.1. The summed E-state index contributed by atoms with van der Waals surface area (Å²) in [7, 11) is 1.56. The van der Waals surface area contributed by atoms with Gasteiger partial charge in [0.1, 0.15) is 17.4 Å². The number of hydrogen-bond acceptors (Lipinski definition) is 4. The molecule has 0 fully saturated rings. The van der Waals surface area contributed by atoms with Gasteiger partial charge in [-0.15, -0.1) is 0 Å². The van der Waals surface area contributed by atoms with Gasteiger partial charge in [-0.3, -0.25) is 4.79 Å². The monoisotopic (exact) mass is 335 g/mol. The summed E-state index contributed by atoms with van der Waals surface area (Å²) >= 11 is 0. The number of para-hydroxylation sites is 3. The number of hydrogen-bond donors (Lipinski definition) is 2. The lowest BCUT2D eigenvalue weighted by molar-refractivity contribution is -0.112. The fourth-order valence-corrected chi connectivity index (χ4v) is 2.45. The first-order valence-electron chi connectivity index (χ1n) is 8.00. The predicted octanol–water partition coefficient (Wildman–Crippen LogP) is 4.02. The van der Waals surface area contributed by atoms with E-state index in [1.54, 1.807) is 19.2 Å². The molecule has 0 saturated heterocycles. The lowest BCUT2D eigenvalue weighted by atomic mass is 10.1. The highest BCUT2D eigenvalue weighted by Crippen LogP contribution is 2.24. The van der Waals surface area contributed by atoms with E-state index in [0.29, 0.717) is 11.4 Å². The molecule has 0 saturated carbocycles. The van der Waals surface area contributed by atoms with E-state index < -0.39 is 5.91 Å². The van der Waals surface area contributed by atoms with Crippen molar-refractivity contribution < 1.29 is 9.53 Å². The number of nitrogens with zero attached hydrogens (tertiary/aromatic N) is 1. The van der Waals surface area contributed by atoms with Crippen molar-refractivity contribution in [2.75, 3.05) is 17.7 Å². The number of rotatable bonds is 6. The van der Waals surface area contributed by atoms with Crippen LogP contribution in [0.2, 0.25) is 0 Å². The number of ether oxygens (including phenoxy) is 1. The van der Waals surface area contributed by atoms with Crippen LogP contribution in [-0.2, 0) is 11.2 Å². The van der Waals surface area contributed by atoms with Gasteiger partial charge in [0.15, 0.2) is 0 Å². The third-order valence-electron chi connectivity index (χ3n) is 3.82. The molecule has 25 heavy (non-hydrogen) atoms. The minimum absolute atomic E-state index is 0.0174. The molecule has 0 aliphatic carbocycles. The second-order valence-corrected chi connectivity index (χ2v) is 5.43. The molecular formula is C20H21N3O2. The summed E-state index contributed by atoms with van der Waals surface area (Å²) in [5, 5.41) is 15.1. The minimum atomic E-state index is -0.450. The Morgan fingerprint density at radius 3 is 2.68 bits per heavy atom. The molecular weight excluding hydrogens is 314 g/mol. The molecule has 0 aromatic heterocycles. The van der Waals surface area contributed by atoms with Crippen molar-refractivity contribution >= 4 is 17.3 Å². The Bertz CT molecular complexity index is 835. The molecule has 2 aromatic carbocycles. The van der Waals surface area contributed by atoms with Crippen LogP contribution in [0.3, 0.4) is 0 Å². The lowest BCUT2D eigenvalue weighted by Gasteiger charge is -2.13. The third kappa shape index (κ3) is 4.39. The smallest absolute Gasteiger partial charge is 0.267 e. The van der Waals surface area contributed by atoms with Gasteiger partial charge in [-0.1, -0.05) is 37.3 Å². The molecule has 0 spiro atoms. The second-order valence-electron chi connectivity index (χ2n) is 5.43. The van der Waals surface area contributed by atoms with Gasteiger partial charge in [0.05, 0.1) is 12.8 Å². The van der Waals surface area contributed by atoms with E-state index in [1.807, 2.05) is 50.2 Å². The predicted molar refractivity (Wildman–Crippen MR) is 99.5 cm³/mol. The Labute approximate surface area is 147 Å². The summed E-state index contributed by atoms with van der Waals surface area (Å²) in [5.41, 5.74) is 3.41. The molecule has 0 unspecified atom stereocenters. The maximum atomic E-state index is 12.5. The molecule has 0 bridgehead atoms. The van der Waals surface area contributed by atoms with Gasteiger partial charge < -0.3 is 15.4 Å². The van der Waals surface area contributed by atoms with E-state index in [9.17, 15) is 10.1 Å². The average molecular weight is 335 g/mol. The van der Waals surface area contributed by atoms with Crippen LogP contribution in [0.15, 0.2) is 54.2 Å². The fraction of sp³-hybridized carbons (Fsp3) is 0.200. The zero-order chi connectivity index (χ0) is 18.2. The summed E-state index contributed by atoms with van der Waals surface area (Å²) < 4.78 is 5.24. The third-order valence-corrected chi connectivity index (χ3v) is 3.82. The second kappa shape index (κ2) is 8.55. The van der Waals surface area contributed by atoms with Crippen molar-refractivity contribution in [3.8, 4) is 11.8 Å². The molecule has 2 rings (SSSR count). The number of anilines is 2. The van der Waals surface area contributed by atoms with Crippen molar-refractivity contribution in [2.45, 2.75) is 20.3 Å². The molecule has 0 aliphatic heterocycles. The van der Waals surface area contributed by atoms with Crippen LogP contribution in [0.1, 0.15) is 18.1 Å². The quantitative estimate of drug-likeness (QED) is 0.617. The van der Waals surface area contributed by atoms with Crippen molar-refractivity contribution in [3.05, 3.63) is 65.4 Å². The lowest BCUT2D eigenvalue weighted by Crippen LogP contribution is -2.16. The van der Waals surface area contributed by atoms with Crippen LogP contribution in [0.25, 0.3) is 0 Å². The van der Waals surface area contributed by atoms with Crippen molar-refractivity contribution in [1.29, 1.82) is 5.26 Å². The van der Waals surface area contributed by atoms with E-state index in [1.165, 1.54) is 6.20 Å². The van der Waals surface area contributed by atoms with Crippen LogP contribution >= 0.6 is 0 Å². The summed E-state index contributed by atoms with van der Waals surface area (Å²) in [6.07, 6.45) is 2.18. The zero-order valence-electron chi connectivity index (χ0n) is 14.6. The van der Waals surface area contributed by atoms with E-state index in [2.05, 4.69) is 10.6 Å². The topological polar surface area (TPSA) is 74.2 Å². The number of methoxy groups -OCH3 is 1. The van der Waals surface area contributed by atoms with E-state index in [4.69, 9.17) is 4.74 Å². The highest BCUT2D eigenvalue weighted by Gasteiger charge is 2.13. The van der Waals surface area contributed by atoms with Crippen LogP contribution in [0.4, 0.5) is 11.4 Å². The Morgan fingerprint density at radius 1 is 1.24 bits per heavy atom. The first-order valence-corrected chi connectivity index (χ1v) is 8.00. The van der Waals surface area contributed by atoms with Crippen molar-refractivity contribution in [2.24, 2.45) is 0 Å². The zero-order valence-corrected chi connectivity index (χ0v) is 14.6. The number of nitrogens with one attached hydrogen (secondary N) is 2. The maximum absolute atomic E-state index is 12.5. The van der Waals surface area contributed by atoms with Gasteiger partial charge in [-0.2, -0.15) is 5.26 Å². The Balaban J connectivity index is 2.21. The Hall–Kier alpha value is -3.26. The molecule has 5 nitrogen and oxygen atoms in total. The van der Waals surface area contributed by atoms with E-state index in [0.717, 1.165) is 23.2 Å². The van der Waals surface area contributed by atoms with Crippen LogP contribution in [0.5, 0.6) is 5.75 Å². The normalized spacial score (nSPS) is 10.7. The highest BCUT2D eigenvalue weighted by atomic mass is 16.5. The molecule has 2 N–H and O–H groups in total. The van der Waals surface area contributed by atoms with Gasteiger partial charge in [-0.05, 0) is 36.6 Å². The van der Waals surface area contributed by atoms with Gasteiger partial charge in [0.25, 0.3) is 5.91 Å². The Morgan fingerprint density at radius 2 is 2.00 bits per heavy atom. The van der Waals surface area contributed by atoms with Crippen molar-refractivity contribution in [1.82, 2.24) is 0 Å². The van der Waals surface area contributed by atoms with Crippen LogP contribution < -0.4 is 15.4 Å². The summed E-state index contributed by atoms with van der Waals surface area (Å²) in [6, 6.07) is 15.1. The summed E-state index contributed by atoms with van der Waals surface area (Å²) in [4.78, 5) is 12.5.